The Labute approximate surface area is 309 Å². The van der Waals surface area contributed by atoms with Gasteiger partial charge in [0.05, 0.1) is 39.1 Å². The molecule has 0 radical (unpaired) electrons. The zero-order valence-electron chi connectivity index (χ0n) is 29.0. The molecule has 0 aliphatic heterocycles. The fourth-order valence-electron chi connectivity index (χ4n) is 8.75. The number of hydrogen-bond donors (Lipinski definition) is 0. The first kappa shape index (κ1) is 29.3. The van der Waals surface area contributed by atoms with Crippen LogP contribution in [0, 0.1) is 0 Å². The van der Waals surface area contributed by atoms with Gasteiger partial charge >= 0.3 is 0 Å². The van der Waals surface area contributed by atoms with Crippen molar-refractivity contribution in [2.45, 2.75) is 0 Å². The van der Waals surface area contributed by atoms with Crippen LogP contribution in [0.15, 0.2) is 180 Å². The molecule has 0 unspecified atom stereocenters. The molecule has 0 fully saturated rings. The van der Waals surface area contributed by atoms with E-state index < -0.39 is 0 Å². The average Bonchev–Trinajstić information content (AvgIpc) is 3.49. The Kier molecular flexibility index (Phi) is 6.02. The van der Waals surface area contributed by atoms with Gasteiger partial charge in [-0.05, 0) is 75.8 Å². The van der Waals surface area contributed by atoms with Gasteiger partial charge in [0.15, 0.2) is 0 Å². The van der Waals surface area contributed by atoms with Crippen molar-refractivity contribution >= 4 is 76.3 Å². The summed E-state index contributed by atoms with van der Waals surface area (Å²) in [6.45, 7) is 0. The van der Waals surface area contributed by atoms with Crippen LogP contribution in [0.3, 0.4) is 0 Å². The summed E-state index contributed by atoms with van der Waals surface area (Å²) >= 11 is 0. The van der Waals surface area contributed by atoms with E-state index in [-0.39, 0.29) is 0 Å². The summed E-state index contributed by atoms with van der Waals surface area (Å²) in [5, 5.41) is 9.35. The van der Waals surface area contributed by atoms with Gasteiger partial charge in [-0.3, -0.25) is 0 Å². The molecule has 0 aliphatic rings. The molecule has 0 aliphatic carbocycles. The van der Waals surface area contributed by atoms with Crippen molar-refractivity contribution in [1.82, 2.24) is 14.5 Å². The lowest BCUT2D eigenvalue weighted by molar-refractivity contribution is 0.664. The number of para-hydroxylation sites is 2. The predicted octanol–water partition coefficient (Wildman–Crippen LogP) is 13.4. The summed E-state index contributed by atoms with van der Waals surface area (Å²) in [5.74, 6) is 0. The minimum atomic E-state index is 0.864. The van der Waals surface area contributed by atoms with E-state index in [1.807, 2.05) is 30.3 Å². The van der Waals surface area contributed by atoms with Crippen molar-refractivity contribution in [3.05, 3.63) is 176 Å². The maximum Gasteiger partial charge on any atom is 0.135 e. The van der Waals surface area contributed by atoms with Crippen LogP contribution in [0.4, 0.5) is 0 Å². The van der Waals surface area contributed by atoms with E-state index in [9.17, 15) is 0 Å². The second kappa shape index (κ2) is 11.1. The van der Waals surface area contributed by atoms with Crippen molar-refractivity contribution in [3.63, 3.8) is 0 Å². The Morgan fingerprint density at radius 1 is 0.370 bits per heavy atom. The Balaban J connectivity index is 1.13. The number of nitrogens with zero attached hydrogens (tertiary/aromatic N) is 3. The minimum absolute atomic E-state index is 0.864. The zero-order chi connectivity index (χ0) is 35.3. The molecular weight excluding hydrogens is 659 g/mol. The SMILES string of the molecule is c1ccc(-c2ccc(-c3nc4ccccc4nc3-c3ccc(-n4c5ccc6cccc7oc8cccc9ccc4c(c98)c5c67)c4ccccc34)cc2)cc1. The molecule has 3 heterocycles. The second-order valence-corrected chi connectivity index (χ2v) is 14.1. The molecule has 0 bridgehead atoms. The van der Waals surface area contributed by atoms with Gasteiger partial charge in [0.25, 0.3) is 0 Å². The monoisotopic (exact) mass is 687 g/mol. The summed E-state index contributed by atoms with van der Waals surface area (Å²) in [6, 6.07) is 62.3. The van der Waals surface area contributed by atoms with Crippen LogP contribution in [-0.2, 0) is 0 Å². The molecule has 12 rings (SSSR count). The van der Waals surface area contributed by atoms with Gasteiger partial charge in [-0.15, -0.1) is 0 Å². The lowest BCUT2D eigenvalue weighted by Gasteiger charge is -2.17. The molecule has 0 N–H and O–H groups in total. The molecular formula is C50H29N3O. The van der Waals surface area contributed by atoms with E-state index in [1.165, 1.54) is 32.7 Å². The van der Waals surface area contributed by atoms with Crippen LogP contribution in [0.25, 0.3) is 116 Å². The molecule has 4 heteroatoms. The summed E-state index contributed by atoms with van der Waals surface area (Å²) in [7, 11) is 0. The highest BCUT2D eigenvalue weighted by Gasteiger charge is 2.23. The Hall–Kier alpha value is -7.30. The number of rotatable bonds is 4. The van der Waals surface area contributed by atoms with Gasteiger partial charge in [-0.25, -0.2) is 9.97 Å². The first-order valence-electron chi connectivity index (χ1n) is 18.3. The number of fused-ring (bicyclic) bond motifs is 2. The van der Waals surface area contributed by atoms with Crippen LogP contribution in [0.1, 0.15) is 0 Å². The van der Waals surface area contributed by atoms with Gasteiger partial charge in [0.2, 0.25) is 0 Å². The second-order valence-electron chi connectivity index (χ2n) is 14.1. The van der Waals surface area contributed by atoms with Crippen LogP contribution >= 0.6 is 0 Å². The Morgan fingerprint density at radius 2 is 0.926 bits per heavy atom. The highest BCUT2D eigenvalue weighted by molar-refractivity contribution is 6.33. The highest BCUT2D eigenvalue weighted by atomic mass is 16.3. The Bertz CT molecular complexity index is 3330. The molecule has 54 heavy (non-hydrogen) atoms. The third-order valence-electron chi connectivity index (χ3n) is 11.2. The molecule has 0 saturated carbocycles. The minimum Gasteiger partial charge on any atom is -0.456 e. The van der Waals surface area contributed by atoms with Gasteiger partial charge < -0.3 is 8.98 Å². The van der Waals surface area contributed by atoms with Crippen molar-refractivity contribution in [3.8, 4) is 39.3 Å². The molecule has 9 aromatic carbocycles. The predicted molar refractivity (Wildman–Crippen MR) is 224 cm³/mol. The Morgan fingerprint density at radius 3 is 1.59 bits per heavy atom. The molecule has 4 nitrogen and oxygen atoms in total. The van der Waals surface area contributed by atoms with Crippen LogP contribution in [0.5, 0.6) is 0 Å². The number of aromatic nitrogens is 3. The third-order valence-corrected chi connectivity index (χ3v) is 11.2. The van der Waals surface area contributed by atoms with E-state index in [4.69, 9.17) is 14.4 Å². The topological polar surface area (TPSA) is 43.9 Å². The van der Waals surface area contributed by atoms with Crippen molar-refractivity contribution in [2.24, 2.45) is 0 Å². The third kappa shape index (κ3) is 4.13. The van der Waals surface area contributed by atoms with Gasteiger partial charge in [0, 0.05) is 38.1 Å². The number of hydrogen-bond acceptors (Lipinski definition) is 3. The summed E-state index contributed by atoms with van der Waals surface area (Å²) in [4.78, 5) is 10.6. The fraction of sp³-hybridized carbons (Fsp3) is 0. The maximum absolute atomic E-state index is 6.68. The largest absolute Gasteiger partial charge is 0.456 e. The van der Waals surface area contributed by atoms with E-state index in [1.54, 1.807) is 0 Å². The van der Waals surface area contributed by atoms with Crippen LogP contribution < -0.4 is 0 Å². The summed E-state index contributed by atoms with van der Waals surface area (Å²) < 4.78 is 9.13. The molecule has 12 aromatic rings. The summed E-state index contributed by atoms with van der Waals surface area (Å²) in [5.41, 5.74) is 13.1. The lowest BCUT2D eigenvalue weighted by atomic mass is 9.96. The van der Waals surface area contributed by atoms with Gasteiger partial charge in [0.1, 0.15) is 11.2 Å². The highest BCUT2D eigenvalue weighted by Crippen LogP contribution is 2.46. The summed E-state index contributed by atoms with van der Waals surface area (Å²) in [6.07, 6.45) is 0. The van der Waals surface area contributed by atoms with E-state index in [0.717, 1.165) is 83.0 Å². The molecule has 250 valence electrons. The average molecular weight is 688 g/mol. The molecule has 0 spiro atoms. The van der Waals surface area contributed by atoms with Crippen molar-refractivity contribution in [2.75, 3.05) is 0 Å². The smallest absolute Gasteiger partial charge is 0.135 e. The molecule has 0 atom stereocenters. The zero-order valence-corrected chi connectivity index (χ0v) is 29.0. The van der Waals surface area contributed by atoms with E-state index >= 15 is 0 Å². The fourth-order valence-corrected chi connectivity index (χ4v) is 8.75. The lowest BCUT2D eigenvalue weighted by Crippen LogP contribution is -1.99. The number of benzene rings is 9. The first-order valence-corrected chi connectivity index (χ1v) is 18.3. The van der Waals surface area contributed by atoms with Crippen molar-refractivity contribution in [1.29, 1.82) is 0 Å². The molecule has 0 amide bonds. The van der Waals surface area contributed by atoms with E-state index in [2.05, 4.69) is 150 Å². The van der Waals surface area contributed by atoms with Crippen molar-refractivity contribution < 1.29 is 4.42 Å². The molecule has 0 saturated heterocycles. The normalized spacial score (nSPS) is 12.1. The van der Waals surface area contributed by atoms with E-state index in [0.29, 0.717) is 0 Å². The standard InChI is InChI=1S/C50H29N3O/c1-2-10-30(11-3-1)31-20-22-34(23-21-31)49-50(52-39-17-7-6-16-38(39)51-49)37-26-29-40(36-15-5-4-14-35(36)37)53-41-27-24-32-12-8-18-43-45(32)47(41)48-42(53)28-25-33-13-9-19-44(54-43)46(33)48/h1-29H. The van der Waals surface area contributed by atoms with Gasteiger partial charge in [-0.2, -0.15) is 0 Å². The maximum atomic E-state index is 6.68. The van der Waals surface area contributed by atoms with Crippen LogP contribution in [-0.4, -0.2) is 14.5 Å². The van der Waals surface area contributed by atoms with Gasteiger partial charge in [-0.1, -0.05) is 127 Å². The molecule has 3 aromatic heterocycles. The first-order chi connectivity index (χ1) is 26.8. The van der Waals surface area contributed by atoms with Crippen LogP contribution in [0.2, 0.25) is 0 Å². The quantitative estimate of drug-likeness (QED) is 0.185.